The molecule has 0 atom stereocenters. The van der Waals surface area contributed by atoms with Gasteiger partial charge in [0, 0.05) is 15.5 Å². The molecule has 0 N–H and O–H groups in total. The van der Waals surface area contributed by atoms with Crippen molar-refractivity contribution in [1.29, 1.82) is 0 Å². The largest absolute Gasteiger partial charge is 0.444 e. The second-order valence-corrected chi connectivity index (χ2v) is 5.74. The fraction of sp³-hybridized carbons (Fsp3) is 0.0833. The van der Waals surface area contributed by atoms with Crippen LogP contribution in [0.1, 0.15) is 0 Å². The van der Waals surface area contributed by atoms with E-state index < -0.39 is 0 Å². The molecule has 0 bridgehead atoms. The van der Waals surface area contributed by atoms with Gasteiger partial charge in [-0.2, -0.15) is 0 Å². The summed E-state index contributed by atoms with van der Waals surface area (Å²) >= 11 is 16.1. The van der Waals surface area contributed by atoms with E-state index in [4.69, 9.17) is 28.2 Å². The van der Waals surface area contributed by atoms with E-state index in [1.54, 1.807) is 11.8 Å². The average molecular weight is 348 g/mol. The van der Waals surface area contributed by atoms with Crippen LogP contribution in [0.2, 0.25) is 5.02 Å². The lowest BCUT2D eigenvalue weighted by molar-refractivity contribution is 0.541. The molecule has 0 aliphatic carbocycles. The van der Waals surface area contributed by atoms with E-state index in [9.17, 15) is 0 Å². The van der Waals surface area contributed by atoms with Crippen molar-refractivity contribution < 1.29 is 4.42 Å². The Bertz CT molecular complexity index is 592. The van der Waals surface area contributed by atoms with E-state index in [-0.39, 0.29) is 0 Å². The van der Waals surface area contributed by atoms with Crippen LogP contribution in [0.15, 0.2) is 44.1 Å². The quantitative estimate of drug-likeness (QED) is 0.502. The fourth-order valence-corrected chi connectivity index (χ4v) is 2.93. The maximum Gasteiger partial charge on any atom is 0.206 e. The van der Waals surface area contributed by atoms with Gasteiger partial charge < -0.3 is 4.42 Å². The average Bonchev–Trinajstić information content (AvgIpc) is 2.33. The highest BCUT2D eigenvalue weighted by molar-refractivity contribution is 9.10. The molecule has 1 nitrogen and oxygen atoms in total. The van der Waals surface area contributed by atoms with Crippen LogP contribution in [0.5, 0.6) is 0 Å². The minimum Gasteiger partial charge on any atom is -0.444 e. The fourth-order valence-electron chi connectivity index (χ4n) is 1.36. The highest BCUT2D eigenvalue weighted by atomic mass is 79.9. The predicted molar refractivity (Wildman–Crippen MR) is 79.5 cm³/mol. The van der Waals surface area contributed by atoms with Crippen LogP contribution in [-0.4, -0.2) is 6.26 Å². The van der Waals surface area contributed by atoms with E-state index in [2.05, 4.69) is 15.9 Å². The first-order chi connectivity index (χ1) is 8.11. The second-order valence-electron chi connectivity index (χ2n) is 3.29. The third-order valence-electron chi connectivity index (χ3n) is 2.21. The molecule has 1 heterocycles. The molecule has 0 unspecified atom stereocenters. The summed E-state index contributed by atoms with van der Waals surface area (Å²) in [4.78, 5) is 1.06. The Kier molecular flexibility index (Phi) is 4.31. The monoisotopic (exact) mass is 346 g/mol. The molecule has 0 aliphatic rings. The molecule has 88 valence electrons. The second kappa shape index (κ2) is 5.57. The zero-order chi connectivity index (χ0) is 12.4. The van der Waals surface area contributed by atoms with Crippen LogP contribution < -0.4 is 0 Å². The van der Waals surface area contributed by atoms with Gasteiger partial charge in [-0.3, -0.25) is 0 Å². The summed E-state index contributed by atoms with van der Waals surface area (Å²) in [6, 6.07) is 9.45. The van der Waals surface area contributed by atoms with Crippen molar-refractivity contribution >= 4 is 51.5 Å². The van der Waals surface area contributed by atoms with Crippen molar-refractivity contribution in [3.05, 3.63) is 44.5 Å². The van der Waals surface area contributed by atoms with Gasteiger partial charge in [-0.05, 0) is 64.7 Å². The highest BCUT2D eigenvalue weighted by Crippen LogP contribution is 2.32. The predicted octanol–water partition coefficient (Wildman–Crippen LogP) is 5.81. The first-order valence-electron chi connectivity index (χ1n) is 4.75. The minimum absolute atomic E-state index is 0.460. The van der Waals surface area contributed by atoms with Gasteiger partial charge in [0.25, 0.3) is 0 Å². The molecular weight excluding hydrogens is 340 g/mol. The van der Waals surface area contributed by atoms with Crippen molar-refractivity contribution in [2.75, 3.05) is 6.26 Å². The Labute approximate surface area is 122 Å². The third kappa shape index (κ3) is 2.94. The minimum atomic E-state index is 0.460. The van der Waals surface area contributed by atoms with Crippen LogP contribution in [0.4, 0.5) is 0 Å². The number of hydrogen-bond acceptors (Lipinski definition) is 3. The molecule has 0 fully saturated rings. The molecule has 2 aromatic rings. The number of rotatable bonds is 2. The lowest BCUT2D eigenvalue weighted by Crippen LogP contribution is -1.82. The van der Waals surface area contributed by atoms with Crippen LogP contribution in [0, 0.1) is 4.71 Å². The van der Waals surface area contributed by atoms with Crippen molar-refractivity contribution in [3.63, 3.8) is 0 Å². The Hall–Kier alpha value is -0.290. The first kappa shape index (κ1) is 13.1. The molecule has 0 radical (unpaired) electrons. The number of hydrogen-bond donors (Lipinski definition) is 0. The normalized spacial score (nSPS) is 10.5. The summed E-state index contributed by atoms with van der Waals surface area (Å²) in [6.07, 6.45) is 2.00. The molecule has 0 spiro atoms. The van der Waals surface area contributed by atoms with Gasteiger partial charge in [0.05, 0.1) is 4.47 Å². The molecule has 0 saturated heterocycles. The molecule has 0 saturated carbocycles. The SMILES string of the molecule is CSc1cc(-c2ccc(Cl)cc2)oc(=S)c1Br. The van der Waals surface area contributed by atoms with E-state index in [0.717, 1.165) is 20.7 Å². The summed E-state index contributed by atoms with van der Waals surface area (Å²) in [5.74, 6) is 0.749. The Morgan fingerprint density at radius 3 is 2.53 bits per heavy atom. The molecule has 2 rings (SSSR count). The van der Waals surface area contributed by atoms with Crippen LogP contribution >= 0.6 is 51.5 Å². The first-order valence-corrected chi connectivity index (χ1v) is 7.56. The van der Waals surface area contributed by atoms with Gasteiger partial charge in [-0.25, -0.2) is 0 Å². The smallest absolute Gasteiger partial charge is 0.206 e. The topological polar surface area (TPSA) is 13.1 Å². The van der Waals surface area contributed by atoms with Crippen LogP contribution in [-0.2, 0) is 0 Å². The number of benzene rings is 1. The van der Waals surface area contributed by atoms with Crippen molar-refractivity contribution in [1.82, 2.24) is 0 Å². The Balaban J connectivity index is 2.56. The molecule has 5 heteroatoms. The summed E-state index contributed by atoms with van der Waals surface area (Å²) in [6.45, 7) is 0. The lowest BCUT2D eigenvalue weighted by atomic mass is 10.2. The molecule has 0 aliphatic heterocycles. The maximum atomic E-state index is 5.85. The van der Waals surface area contributed by atoms with Gasteiger partial charge in [0.1, 0.15) is 5.76 Å². The summed E-state index contributed by atoms with van der Waals surface area (Å²) < 4.78 is 6.88. The van der Waals surface area contributed by atoms with E-state index in [0.29, 0.717) is 9.73 Å². The third-order valence-corrected chi connectivity index (χ3v) is 4.82. The van der Waals surface area contributed by atoms with E-state index in [1.165, 1.54) is 0 Å². The van der Waals surface area contributed by atoms with Crippen molar-refractivity contribution in [3.8, 4) is 11.3 Å². The number of thioether (sulfide) groups is 1. The number of halogens is 2. The van der Waals surface area contributed by atoms with Gasteiger partial charge in [-0.15, -0.1) is 11.8 Å². The van der Waals surface area contributed by atoms with Gasteiger partial charge in [0.2, 0.25) is 4.71 Å². The van der Waals surface area contributed by atoms with Crippen molar-refractivity contribution in [2.24, 2.45) is 0 Å². The van der Waals surface area contributed by atoms with Crippen LogP contribution in [0.25, 0.3) is 11.3 Å². The summed E-state index contributed by atoms with van der Waals surface area (Å²) in [5.41, 5.74) is 0.961. The van der Waals surface area contributed by atoms with Gasteiger partial charge in [-0.1, -0.05) is 11.6 Å². The molecule has 1 aromatic carbocycles. The lowest BCUT2D eigenvalue weighted by Gasteiger charge is -2.05. The Morgan fingerprint density at radius 2 is 1.94 bits per heavy atom. The zero-order valence-corrected chi connectivity index (χ0v) is 12.8. The molecular formula is C12H8BrClOS2. The van der Waals surface area contributed by atoms with Gasteiger partial charge in [0.15, 0.2) is 0 Å². The van der Waals surface area contributed by atoms with Gasteiger partial charge >= 0.3 is 0 Å². The molecule has 17 heavy (non-hydrogen) atoms. The van der Waals surface area contributed by atoms with Crippen LogP contribution in [0.3, 0.4) is 0 Å². The standard InChI is InChI=1S/C12H8BrClOS2/c1-17-10-6-9(15-12(16)11(10)13)7-2-4-8(14)5-3-7/h2-6H,1H3. The highest BCUT2D eigenvalue weighted by Gasteiger charge is 2.07. The summed E-state index contributed by atoms with van der Waals surface area (Å²) in [7, 11) is 0. The zero-order valence-electron chi connectivity index (χ0n) is 8.87. The van der Waals surface area contributed by atoms with Crippen molar-refractivity contribution in [2.45, 2.75) is 4.90 Å². The van der Waals surface area contributed by atoms with E-state index in [1.807, 2.05) is 36.6 Å². The van der Waals surface area contributed by atoms with E-state index >= 15 is 0 Å². The maximum absolute atomic E-state index is 5.85. The Morgan fingerprint density at radius 1 is 1.29 bits per heavy atom. The molecule has 1 aromatic heterocycles. The molecule has 0 amide bonds. The summed E-state index contributed by atoms with van der Waals surface area (Å²) in [5, 5.41) is 0.703.